The molecule has 1 aliphatic carbocycles. The Morgan fingerprint density at radius 2 is 1.90 bits per heavy atom. The molecule has 7 heteroatoms. The first-order valence-corrected chi connectivity index (χ1v) is 6.80. The summed E-state index contributed by atoms with van der Waals surface area (Å²) in [4.78, 5) is 0. The molecule has 114 valence electrons. The Labute approximate surface area is 123 Å². The van der Waals surface area contributed by atoms with Gasteiger partial charge in [-0.05, 0) is 29.2 Å². The summed E-state index contributed by atoms with van der Waals surface area (Å²) in [6, 6.07) is 7.35. The molecule has 21 heavy (non-hydrogen) atoms. The highest BCUT2D eigenvalue weighted by Crippen LogP contribution is 2.42. The van der Waals surface area contributed by atoms with E-state index < -0.39 is 30.0 Å². The van der Waals surface area contributed by atoms with Gasteiger partial charge in [-0.3, -0.25) is 0 Å². The number of allylic oxidation sites excluding steroid dienone is 1. The fourth-order valence-corrected chi connectivity index (χ4v) is 2.01. The minimum absolute atomic E-state index is 0.346. The molecule has 0 fully saturated rings. The third-order valence-electron chi connectivity index (χ3n) is 2.94. The van der Waals surface area contributed by atoms with Gasteiger partial charge in [-0.25, -0.2) is 0 Å². The fourth-order valence-electron chi connectivity index (χ4n) is 1.85. The topological polar surface area (TPSA) is 29.5 Å². The highest BCUT2D eigenvalue weighted by Gasteiger charge is 2.59. The molecule has 0 aliphatic heterocycles. The zero-order valence-corrected chi connectivity index (χ0v) is 11.5. The SMILES string of the molecule is OSC(F)(F)C(F)(F)OCC1=Cc2ccccc2CC=C1. The van der Waals surface area contributed by atoms with E-state index in [9.17, 15) is 17.6 Å². The second-order valence-electron chi connectivity index (χ2n) is 4.44. The largest absolute Gasteiger partial charge is 0.432 e. The van der Waals surface area contributed by atoms with Crippen LogP contribution < -0.4 is 0 Å². The van der Waals surface area contributed by atoms with E-state index in [4.69, 9.17) is 4.55 Å². The standard InChI is InChI=1S/C14H12F4O2S/c15-13(16,14(17,18)21-19)20-9-10-4-3-7-11-5-1-2-6-12(11)8-10/h1-6,8,19H,7,9H2. The summed E-state index contributed by atoms with van der Waals surface area (Å²) in [7, 11) is 0. The third-order valence-corrected chi connectivity index (χ3v) is 3.41. The highest BCUT2D eigenvalue weighted by atomic mass is 32.2. The van der Waals surface area contributed by atoms with Crippen molar-refractivity contribution in [3.05, 3.63) is 53.1 Å². The molecule has 0 heterocycles. The molecule has 2 nitrogen and oxygen atoms in total. The molecule has 1 aromatic carbocycles. The van der Waals surface area contributed by atoms with Crippen LogP contribution in [0.2, 0.25) is 0 Å². The van der Waals surface area contributed by atoms with Crippen LogP contribution in [0.5, 0.6) is 0 Å². The lowest BCUT2D eigenvalue weighted by Gasteiger charge is -2.23. The molecule has 0 saturated heterocycles. The van der Waals surface area contributed by atoms with Crippen LogP contribution in [0.4, 0.5) is 17.6 Å². The van der Waals surface area contributed by atoms with E-state index in [1.54, 1.807) is 30.4 Å². The van der Waals surface area contributed by atoms with E-state index in [0.29, 0.717) is 12.0 Å². The van der Waals surface area contributed by atoms with Crippen molar-refractivity contribution in [1.29, 1.82) is 0 Å². The number of benzene rings is 1. The summed E-state index contributed by atoms with van der Waals surface area (Å²) in [5, 5.41) is -4.69. The summed E-state index contributed by atoms with van der Waals surface area (Å²) in [5.41, 5.74) is 2.18. The maximum atomic E-state index is 13.1. The zero-order chi connectivity index (χ0) is 15.5. The minimum Gasteiger partial charge on any atom is -0.325 e. The maximum absolute atomic E-state index is 13.1. The van der Waals surface area contributed by atoms with Crippen molar-refractivity contribution in [2.24, 2.45) is 0 Å². The number of rotatable bonds is 5. The van der Waals surface area contributed by atoms with E-state index in [2.05, 4.69) is 4.74 Å². The lowest BCUT2D eigenvalue weighted by molar-refractivity contribution is -0.311. The Balaban J connectivity index is 2.12. The highest BCUT2D eigenvalue weighted by molar-refractivity contribution is 7.94. The smallest absolute Gasteiger partial charge is 0.325 e. The van der Waals surface area contributed by atoms with Gasteiger partial charge in [-0.2, -0.15) is 17.6 Å². The number of fused-ring (bicyclic) bond motifs is 1. The fraction of sp³-hybridized carbons (Fsp3) is 0.286. The predicted octanol–water partition coefficient (Wildman–Crippen LogP) is 4.59. The van der Waals surface area contributed by atoms with E-state index in [0.717, 1.165) is 11.1 Å². The molecule has 0 saturated carbocycles. The van der Waals surface area contributed by atoms with E-state index >= 15 is 0 Å². The van der Waals surface area contributed by atoms with Gasteiger partial charge in [-0.1, -0.05) is 36.4 Å². The quantitative estimate of drug-likeness (QED) is 0.635. The molecular weight excluding hydrogens is 308 g/mol. The molecule has 0 bridgehead atoms. The van der Waals surface area contributed by atoms with Crippen molar-refractivity contribution >= 4 is 18.1 Å². The van der Waals surface area contributed by atoms with Gasteiger partial charge >= 0.3 is 11.4 Å². The van der Waals surface area contributed by atoms with Crippen molar-refractivity contribution in [2.75, 3.05) is 6.61 Å². The van der Waals surface area contributed by atoms with Crippen molar-refractivity contribution in [3.8, 4) is 0 Å². The van der Waals surface area contributed by atoms with Gasteiger partial charge in [-0.15, -0.1) is 0 Å². The Morgan fingerprint density at radius 1 is 1.19 bits per heavy atom. The molecule has 0 amide bonds. The molecule has 1 aromatic rings. The molecule has 0 aromatic heterocycles. The van der Waals surface area contributed by atoms with Gasteiger partial charge in [0.05, 0.1) is 18.6 Å². The Kier molecular flexibility index (Phi) is 4.75. The van der Waals surface area contributed by atoms with Crippen molar-refractivity contribution in [2.45, 2.75) is 17.8 Å². The van der Waals surface area contributed by atoms with Gasteiger partial charge in [0.1, 0.15) is 0 Å². The lowest BCUT2D eigenvalue weighted by atomic mass is 10.1. The average molecular weight is 320 g/mol. The van der Waals surface area contributed by atoms with Crippen LogP contribution >= 0.6 is 12.0 Å². The van der Waals surface area contributed by atoms with Crippen molar-refractivity contribution in [3.63, 3.8) is 0 Å². The lowest BCUT2D eigenvalue weighted by Crippen LogP contribution is -2.40. The van der Waals surface area contributed by atoms with Crippen LogP contribution in [0, 0.1) is 0 Å². The molecule has 0 spiro atoms. The Morgan fingerprint density at radius 3 is 2.62 bits per heavy atom. The van der Waals surface area contributed by atoms with Gasteiger partial charge in [0, 0.05) is 0 Å². The maximum Gasteiger partial charge on any atom is 0.432 e. The summed E-state index contributed by atoms with van der Waals surface area (Å²) >= 11 is -1.23. The molecular formula is C14H12F4O2S. The molecule has 0 atom stereocenters. The summed E-state index contributed by atoms with van der Waals surface area (Å²) in [6.45, 7) is -0.687. The summed E-state index contributed by atoms with van der Waals surface area (Å²) in [5.74, 6) is 0. The average Bonchev–Trinajstić information content (AvgIpc) is 2.66. The summed E-state index contributed by atoms with van der Waals surface area (Å²) in [6.07, 6.45) is 0.777. The van der Waals surface area contributed by atoms with E-state index in [1.165, 1.54) is 0 Å². The molecule has 0 radical (unpaired) electrons. The third kappa shape index (κ3) is 3.66. The summed E-state index contributed by atoms with van der Waals surface area (Å²) < 4.78 is 64.1. The zero-order valence-electron chi connectivity index (χ0n) is 10.7. The van der Waals surface area contributed by atoms with E-state index in [-0.39, 0.29) is 0 Å². The molecule has 1 N–H and O–H groups in total. The number of hydrogen-bond acceptors (Lipinski definition) is 3. The Bertz CT molecular complexity index is 570. The predicted molar refractivity (Wildman–Crippen MR) is 73.3 cm³/mol. The Hall–Kier alpha value is -1.31. The molecule has 0 unspecified atom stereocenters. The first-order chi connectivity index (χ1) is 9.86. The first kappa shape index (κ1) is 16.1. The molecule has 2 rings (SSSR count). The second kappa shape index (κ2) is 6.21. The van der Waals surface area contributed by atoms with Crippen LogP contribution in [0.1, 0.15) is 11.1 Å². The monoisotopic (exact) mass is 320 g/mol. The van der Waals surface area contributed by atoms with Crippen LogP contribution in [0.15, 0.2) is 42.0 Å². The molecule has 1 aliphatic rings. The van der Waals surface area contributed by atoms with Crippen molar-refractivity contribution in [1.82, 2.24) is 0 Å². The first-order valence-electron chi connectivity index (χ1n) is 6.03. The number of halogens is 4. The van der Waals surface area contributed by atoms with Crippen LogP contribution in [-0.2, 0) is 11.2 Å². The normalized spacial score (nSPS) is 15.4. The van der Waals surface area contributed by atoms with Gasteiger partial charge in [0.15, 0.2) is 0 Å². The number of hydrogen-bond donors (Lipinski definition) is 1. The van der Waals surface area contributed by atoms with Gasteiger partial charge < -0.3 is 9.29 Å². The van der Waals surface area contributed by atoms with Crippen LogP contribution in [0.25, 0.3) is 6.08 Å². The van der Waals surface area contributed by atoms with Crippen LogP contribution in [0.3, 0.4) is 0 Å². The number of ether oxygens (including phenoxy) is 1. The van der Waals surface area contributed by atoms with Gasteiger partial charge in [0.25, 0.3) is 0 Å². The van der Waals surface area contributed by atoms with Crippen LogP contribution in [-0.4, -0.2) is 22.5 Å². The van der Waals surface area contributed by atoms with E-state index in [1.807, 2.05) is 12.1 Å². The minimum atomic E-state index is -4.76. The van der Waals surface area contributed by atoms with Gasteiger partial charge in [0.2, 0.25) is 0 Å². The second-order valence-corrected chi connectivity index (χ2v) is 5.13. The van der Waals surface area contributed by atoms with Crippen molar-refractivity contribution < 1.29 is 26.9 Å². The number of alkyl halides is 4.